The lowest BCUT2D eigenvalue weighted by Gasteiger charge is -2.35. The third-order valence-corrected chi connectivity index (χ3v) is 4.67. The number of rotatable bonds is 4. The van der Waals surface area contributed by atoms with Crippen molar-refractivity contribution in [2.24, 2.45) is 5.41 Å². The number of carbonyl (C=O) groups excluding carboxylic acids is 1. The molecule has 1 saturated heterocycles. The Morgan fingerprint density at radius 2 is 2.33 bits per heavy atom. The third-order valence-electron chi connectivity index (χ3n) is 4.03. The van der Waals surface area contributed by atoms with Gasteiger partial charge in [-0.2, -0.15) is 0 Å². The van der Waals surface area contributed by atoms with Gasteiger partial charge in [-0.15, -0.1) is 0 Å². The second-order valence-electron chi connectivity index (χ2n) is 5.29. The molecule has 2 N–H and O–H groups in total. The third kappa shape index (κ3) is 3.41. The zero-order valence-corrected chi connectivity index (χ0v) is 13.4. The molecule has 6 nitrogen and oxygen atoms in total. The van der Waals surface area contributed by atoms with Gasteiger partial charge >= 0.3 is 0 Å². The van der Waals surface area contributed by atoms with E-state index in [0.717, 1.165) is 25.8 Å². The van der Waals surface area contributed by atoms with Crippen molar-refractivity contribution < 1.29 is 9.72 Å². The minimum absolute atomic E-state index is 0.0162. The maximum Gasteiger partial charge on any atom is 0.283 e. The van der Waals surface area contributed by atoms with Crippen LogP contribution in [0.4, 0.5) is 11.4 Å². The van der Waals surface area contributed by atoms with E-state index in [1.165, 1.54) is 6.07 Å². The highest BCUT2D eigenvalue weighted by molar-refractivity contribution is 9.10. The summed E-state index contributed by atoms with van der Waals surface area (Å²) in [5.41, 5.74) is 0.153. The van der Waals surface area contributed by atoms with Crippen LogP contribution in [0.2, 0.25) is 0 Å². The van der Waals surface area contributed by atoms with Gasteiger partial charge in [0, 0.05) is 18.3 Å². The Bertz CT molecular complexity index is 556. The van der Waals surface area contributed by atoms with Crippen molar-refractivity contribution >= 4 is 33.2 Å². The molecule has 1 aromatic carbocycles. The van der Waals surface area contributed by atoms with Crippen LogP contribution in [0.1, 0.15) is 26.2 Å². The first-order chi connectivity index (χ1) is 9.98. The minimum atomic E-state index is -0.464. The molecule has 0 radical (unpaired) electrons. The Balaban J connectivity index is 2.15. The van der Waals surface area contributed by atoms with E-state index >= 15 is 0 Å². The first-order valence-corrected chi connectivity index (χ1v) is 7.74. The van der Waals surface area contributed by atoms with Gasteiger partial charge in [-0.1, -0.05) is 6.92 Å². The lowest BCUT2D eigenvalue weighted by Crippen LogP contribution is -2.47. The highest BCUT2D eigenvalue weighted by Crippen LogP contribution is 2.33. The van der Waals surface area contributed by atoms with Crippen LogP contribution in [-0.2, 0) is 4.79 Å². The highest BCUT2D eigenvalue weighted by Gasteiger charge is 2.37. The number of nitro benzene ring substituents is 1. The van der Waals surface area contributed by atoms with E-state index < -0.39 is 10.3 Å². The van der Waals surface area contributed by atoms with Gasteiger partial charge in [0.2, 0.25) is 5.91 Å². The van der Waals surface area contributed by atoms with Crippen LogP contribution in [0.15, 0.2) is 22.7 Å². The largest absolute Gasteiger partial charge is 0.326 e. The summed E-state index contributed by atoms with van der Waals surface area (Å²) in [6, 6.07) is 4.51. The molecular weight excluding hydrogens is 338 g/mol. The molecule has 0 bridgehead atoms. The summed E-state index contributed by atoms with van der Waals surface area (Å²) < 4.78 is 0.359. The molecule has 0 saturated carbocycles. The number of hydrogen-bond acceptors (Lipinski definition) is 4. The number of anilines is 1. The Morgan fingerprint density at radius 1 is 1.57 bits per heavy atom. The predicted octanol–water partition coefficient (Wildman–Crippen LogP) is 3.08. The summed E-state index contributed by atoms with van der Waals surface area (Å²) in [7, 11) is 0. The summed E-state index contributed by atoms with van der Waals surface area (Å²) >= 11 is 3.16. The molecule has 114 valence electrons. The van der Waals surface area contributed by atoms with Gasteiger partial charge in [-0.05, 0) is 53.9 Å². The summed E-state index contributed by atoms with van der Waals surface area (Å²) in [5.74, 6) is -0.0297. The van der Waals surface area contributed by atoms with Crippen LogP contribution >= 0.6 is 15.9 Å². The Morgan fingerprint density at radius 3 is 2.86 bits per heavy atom. The molecule has 0 spiro atoms. The maximum absolute atomic E-state index is 12.6. The van der Waals surface area contributed by atoms with E-state index in [2.05, 4.69) is 26.6 Å². The van der Waals surface area contributed by atoms with Gasteiger partial charge in [0.05, 0.1) is 14.8 Å². The number of amides is 1. The van der Waals surface area contributed by atoms with Crippen molar-refractivity contribution in [1.29, 1.82) is 0 Å². The average Bonchev–Trinajstić information content (AvgIpc) is 2.47. The number of nitrogens with one attached hydrogen (secondary N) is 2. The summed E-state index contributed by atoms with van der Waals surface area (Å²) in [6.07, 6.45) is 2.60. The van der Waals surface area contributed by atoms with Crippen LogP contribution in [0.3, 0.4) is 0 Å². The molecule has 1 amide bonds. The smallest absolute Gasteiger partial charge is 0.283 e. The molecule has 0 aliphatic carbocycles. The molecule has 1 aliphatic rings. The fourth-order valence-corrected chi connectivity index (χ4v) is 3.14. The standard InChI is InChI=1S/C14H18BrN3O3/c1-2-14(6-3-7-16-9-14)13(19)17-10-4-5-12(18(20)21)11(15)8-10/h4-5,8,16H,2-3,6-7,9H2,1H3,(H,17,19). The van der Waals surface area contributed by atoms with Gasteiger partial charge in [-0.25, -0.2) is 0 Å². The van der Waals surface area contributed by atoms with E-state index in [-0.39, 0.29) is 11.6 Å². The fourth-order valence-electron chi connectivity index (χ4n) is 2.62. The van der Waals surface area contributed by atoms with E-state index in [0.29, 0.717) is 16.7 Å². The lowest BCUT2D eigenvalue weighted by molar-refractivity contribution is -0.385. The lowest BCUT2D eigenvalue weighted by atomic mass is 9.77. The molecule has 1 aliphatic heterocycles. The van der Waals surface area contributed by atoms with E-state index in [1.54, 1.807) is 12.1 Å². The van der Waals surface area contributed by atoms with Gasteiger partial charge in [0.15, 0.2) is 0 Å². The van der Waals surface area contributed by atoms with Gasteiger partial charge in [0.25, 0.3) is 5.69 Å². The molecule has 1 unspecified atom stereocenters. The first kappa shape index (κ1) is 15.9. The van der Waals surface area contributed by atoms with Gasteiger partial charge in [-0.3, -0.25) is 14.9 Å². The predicted molar refractivity (Wildman–Crippen MR) is 84.3 cm³/mol. The van der Waals surface area contributed by atoms with E-state index in [4.69, 9.17) is 0 Å². The fraction of sp³-hybridized carbons (Fsp3) is 0.500. The molecular formula is C14H18BrN3O3. The Labute approximate surface area is 131 Å². The zero-order chi connectivity index (χ0) is 15.5. The van der Waals surface area contributed by atoms with Crippen LogP contribution < -0.4 is 10.6 Å². The van der Waals surface area contributed by atoms with Gasteiger partial charge in [0.1, 0.15) is 0 Å². The van der Waals surface area contributed by atoms with Crippen LogP contribution in [0.5, 0.6) is 0 Å². The first-order valence-electron chi connectivity index (χ1n) is 6.94. The van der Waals surface area contributed by atoms with Gasteiger partial charge < -0.3 is 10.6 Å². The molecule has 1 fully saturated rings. The van der Waals surface area contributed by atoms with Crippen molar-refractivity contribution in [3.8, 4) is 0 Å². The monoisotopic (exact) mass is 355 g/mol. The second kappa shape index (κ2) is 6.53. The van der Waals surface area contributed by atoms with Crippen LogP contribution in [0.25, 0.3) is 0 Å². The molecule has 21 heavy (non-hydrogen) atoms. The topological polar surface area (TPSA) is 84.3 Å². The summed E-state index contributed by atoms with van der Waals surface area (Å²) in [5, 5.41) is 16.9. The molecule has 1 heterocycles. The van der Waals surface area contributed by atoms with Crippen molar-refractivity contribution in [2.45, 2.75) is 26.2 Å². The maximum atomic E-state index is 12.6. The number of carbonyl (C=O) groups is 1. The second-order valence-corrected chi connectivity index (χ2v) is 6.15. The summed E-state index contributed by atoms with van der Waals surface area (Å²) in [6.45, 7) is 3.62. The quantitative estimate of drug-likeness (QED) is 0.641. The number of piperidine rings is 1. The van der Waals surface area contributed by atoms with E-state index in [1.807, 2.05) is 6.92 Å². The van der Waals surface area contributed by atoms with Crippen molar-refractivity contribution in [3.63, 3.8) is 0 Å². The van der Waals surface area contributed by atoms with Crippen molar-refractivity contribution in [1.82, 2.24) is 5.32 Å². The Hall–Kier alpha value is -1.47. The zero-order valence-electron chi connectivity index (χ0n) is 11.8. The molecule has 1 aromatic rings. The molecule has 2 rings (SSSR count). The minimum Gasteiger partial charge on any atom is -0.326 e. The highest BCUT2D eigenvalue weighted by atomic mass is 79.9. The number of hydrogen-bond donors (Lipinski definition) is 2. The van der Waals surface area contributed by atoms with Crippen molar-refractivity contribution in [2.75, 3.05) is 18.4 Å². The Kier molecular flexibility index (Phi) is 4.95. The number of benzene rings is 1. The van der Waals surface area contributed by atoms with Crippen LogP contribution in [0, 0.1) is 15.5 Å². The average molecular weight is 356 g/mol. The van der Waals surface area contributed by atoms with Crippen LogP contribution in [-0.4, -0.2) is 23.9 Å². The molecule has 7 heteroatoms. The molecule has 1 atom stereocenters. The summed E-state index contributed by atoms with van der Waals surface area (Å²) in [4.78, 5) is 22.9. The number of nitro groups is 1. The normalized spacial score (nSPS) is 21.8. The molecule has 0 aromatic heterocycles. The van der Waals surface area contributed by atoms with Crippen molar-refractivity contribution in [3.05, 3.63) is 32.8 Å². The number of nitrogens with zero attached hydrogens (tertiary/aromatic N) is 1. The number of halogens is 1. The SMILES string of the molecule is CCC1(C(=O)Nc2ccc([N+](=O)[O-])c(Br)c2)CCCNC1. The van der Waals surface area contributed by atoms with E-state index in [9.17, 15) is 14.9 Å².